The highest BCUT2D eigenvalue weighted by Crippen LogP contribution is 2.05. The van der Waals surface area contributed by atoms with Crippen molar-refractivity contribution < 1.29 is 4.74 Å². The van der Waals surface area contributed by atoms with Crippen LogP contribution in [-0.2, 0) is 4.74 Å². The molecule has 0 saturated carbocycles. The first-order chi connectivity index (χ1) is 11.0. The second-order valence-corrected chi connectivity index (χ2v) is 6.52. The first-order valence-electron chi connectivity index (χ1n) is 9.29. The second-order valence-electron chi connectivity index (χ2n) is 6.52. The third-order valence-electron chi connectivity index (χ3n) is 3.83. The average Bonchev–Trinajstić information content (AvgIpc) is 2.49. The molecule has 0 aromatic heterocycles. The number of nitrogens with zero attached hydrogens (tertiary/aromatic N) is 2. The zero-order chi connectivity index (χ0) is 17.5. The van der Waals surface area contributed by atoms with Gasteiger partial charge in [-0.25, -0.2) is 0 Å². The van der Waals surface area contributed by atoms with Crippen molar-refractivity contribution >= 4 is 5.96 Å². The fourth-order valence-corrected chi connectivity index (χ4v) is 2.65. The summed E-state index contributed by atoms with van der Waals surface area (Å²) in [7, 11) is 1.76. The molecule has 0 aliphatic rings. The maximum atomic E-state index is 5.07. The molecule has 0 amide bonds. The summed E-state index contributed by atoms with van der Waals surface area (Å²) in [5.74, 6) is 0.944. The Hall–Kier alpha value is -0.810. The zero-order valence-electron chi connectivity index (χ0n) is 16.3. The molecule has 0 saturated heterocycles. The Balaban J connectivity index is 4.01. The molecule has 0 spiro atoms. The monoisotopic (exact) mass is 328 g/mol. The number of guanidine groups is 1. The van der Waals surface area contributed by atoms with E-state index >= 15 is 0 Å². The summed E-state index contributed by atoms with van der Waals surface area (Å²) < 4.78 is 5.07. The molecule has 0 aromatic carbocycles. The summed E-state index contributed by atoms with van der Waals surface area (Å²) >= 11 is 0. The van der Waals surface area contributed by atoms with E-state index in [1.165, 1.54) is 6.42 Å². The fraction of sp³-hybridized carbons (Fsp3) is 0.944. The minimum atomic E-state index is 0.595. The molecular weight excluding hydrogens is 288 g/mol. The summed E-state index contributed by atoms with van der Waals surface area (Å²) in [6.07, 6.45) is 4.58. The van der Waals surface area contributed by atoms with E-state index in [-0.39, 0.29) is 0 Å². The second kappa shape index (κ2) is 14.8. The topological polar surface area (TPSA) is 48.9 Å². The van der Waals surface area contributed by atoms with E-state index in [1.807, 2.05) is 0 Å². The Kier molecular flexibility index (Phi) is 14.2. The summed E-state index contributed by atoms with van der Waals surface area (Å²) in [6.45, 7) is 15.9. The van der Waals surface area contributed by atoms with E-state index in [1.54, 1.807) is 7.11 Å². The number of hydrogen-bond donors (Lipinski definition) is 2. The number of hydrogen-bond acceptors (Lipinski definition) is 3. The molecule has 0 radical (unpaired) electrons. The minimum Gasteiger partial charge on any atom is -0.385 e. The molecule has 0 aliphatic heterocycles. The number of rotatable bonds is 13. The zero-order valence-corrected chi connectivity index (χ0v) is 16.3. The van der Waals surface area contributed by atoms with Crippen molar-refractivity contribution in [2.75, 3.05) is 39.9 Å². The summed E-state index contributed by atoms with van der Waals surface area (Å²) in [6, 6.07) is 1.19. The van der Waals surface area contributed by atoms with Crippen molar-refractivity contribution in [3.8, 4) is 0 Å². The van der Waals surface area contributed by atoms with Crippen LogP contribution in [0.2, 0.25) is 0 Å². The molecule has 0 rings (SSSR count). The van der Waals surface area contributed by atoms with Crippen molar-refractivity contribution in [3.63, 3.8) is 0 Å². The van der Waals surface area contributed by atoms with Crippen molar-refractivity contribution in [3.05, 3.63) is 0 Å². The number of methoxy groups -OCH3 is 1. The molecular formula is C18H40N4O. The standard InChI is InChI=1S/C18H40N4O/c1-7-19-18(20-12-9-8-10-15-23-6)21-13-11-14-22(16(2)3)17(4)5/h16-17H,7-15H2,1-6H3,(H2,19,20,21). The van der Waals surface area contributed by atoms with Gasteiger partial charge in [0.05, 0.1) is 0 Å². The van der Waals surface area contributed by atoms with Gasteiger partial charge in [0, 0.05) is 52.0 Å². The van der Waals surface area contributed by atoms with Crippen LogP contribution in [0.15, 0.2) is 4.99 Å². The quantitative estimate of drug-likeness (QED) is 0.310. The molecule has 0 aromatic rings. The molecule has 23 heavy (non-hydrogen) atoms. The van der Waals surface area contributed by atoms with E-state index in [9.17, 15) is 0 Å². The van der Waals surface area contributed by atoms with E-state index in [0.29, 0.717) is 12.1 Å². The molecule has 0 unspecified atom stereocenters. The maximum Gasteiger partial charge on any atom is 0.191 e. The van der Waals surface area contributed by atoms with E-state index in [0.717, 1.165) is 58.0 Å². The van der Waals surface area contributed by atoms with Gasteiger partial charge < -0.3 is 15.4 Å². The molecule has 5 heteroatoms. The van der Waals surface area contributed by atoms with Gasteiger partial charge in [0.2, 0.25) is 0 Å². The van der Waals surface area contributed by atoms with Gasteiger partial charge in [-0.15, -0.1) is 0 Å². The summed E-state index contributed by atoms with van der Waals surface area (Å²) in [4.78, 5) is 7.20. The average molecular weight is 329 g/mol. The van der Waals surface area contributed by atoms with Crippen LogP contribution in [0.3, 0.4) is 0 Å². The Bertz CT molecular complexity index is 285. The Labute approximate surface area is 144 Å². The van der Waals surface area contributed by atoms with Crippen LogP contribution in [0.1, 0.15) is 60.3 Å². The molecule has 0 heterocycles. The lowest BCUT2D eigenvalue weighted by Gasteiger charge is -2.30. The van der Waals surface area contributed by atoms with E-state index in [2.05, 4.69) is 55.1 Å². The van der Waals surface area contributed by atoms with Gasteiger partial charge in [0.25, 0.3) is 0 Å². The molecule has 5 nitrogen and oxygen atoms in total. The number of unbranched alkanes of at least 4 members (excludes halogenated alkanes) is 2. The van der Waals surface area contributed by atoms with Crippen LogP contribution in [0.25, 0.3) is 0 Å². The van der Waals surface area contributed by atoms with Gasteiger partial charge in [-0.2, -0.15) is 0 Å². The molecule has 0 bridgehead atoms. The molecule has 2 N–H and O–H groups in total. The Morgan fingerprint density at radius 3 is 2.26 bits per heavy atom. The highest BCUT2D eigenvalue weighted by molar-refractivity contribution is 5.79. The predicted octanol–water partition coefficient (Wildman–Crippen LogP) is 2.87. The smallest absolute Gasteiger partial charge is 0.191 e. The lowest BCUT2D eigenvalue weighted by atomic mass is 10.2. The first-order valence-corrected chi connectivity index (χ1v) is 9.29. The third kappa shape index (κ3) is 12.3. The number of ether oxygens (including phenoxy) is 1. The SMILES string of the molecule is CCNC(=NCCCN(C(C)C)C(C)C)NCCCCCOC. The summed E-state index contributed by atoms with van der Waals surface area (Å²) in [5, 5.41) is 6.73. The Morgan fingerprint density at radius 1 is 1.00 bits per heavy atom. The number of aliphatic imine (C=N–C) groups is 1. The van der Waals surface area contributed by atoms with Crippen LogP contribution in [-0.4, -0.2) is 62.8 Å². The van der Waals surface area contributed by atoms with Crippen LogP contribution in [0, 0.1) is 0 Å². The first kappa shape index (κ1) is 22.2. The fourth-order valence-electron chi connectivity index (χ4n) is 2.65. The largest absolute Gasteiger partial charge is 0.385 e. The molecule has 0 fully saturated rings. The van der Waals surface area contributed by atoms with Gasteiger partial charge in [-0.1, -0.05) is 0 Å². The lowest BCUT2D eigenvalue weighted by molar-refractivity contribution is 0.174. The predicted molar refractivity (Wildman–Crippen MR) is 101 cm³/mol. The van der Waals surface area contributed by atoms with Gasteiger partial charge in [-0.3, -0.25) is 9.89 Å². The van der Waals surface area contributed by atoms with Gasteiger partial charge >= 0.3 is 0 Å². The van der Waals surface area contributed by atoms with Crippen molar-refractivity contribution in [1.82, 2.24) is 15.5 Å². The number of nitrogens with one attached hydrogen (secondary N) is 2. The van der Waals surface area contributed by atoms with Gasteiger partial charge in [-0.05, 0) is 60.3 Å². The minimum absolute atomic E-state index is 0.595. The molecule has 0 atom stereocenters. The third-order valence-corrected chi connectivity index (χ3v) is 3.83. The van der Waals surface area contributed by atoms with Crippen molar-refractivity contribution in [1.29, 1.82) is 0 Å². The maximum absolute atomic E-state index is 5.07. The van der Waals surface area contributed by atoms with Gasteiger partial charge in [0.15, 0.2) is 5.96 Å². The van der Waals surface area contributed by atoms with Crippen molar-refractivity contribution in [2.24, 2.45) is 4.99 Å². The van der Waals surface area contributed by atoms with Crippen LogP contribution in [0.5, 0.6) is 0 Å². The van der Waals surface area contributed by atoms with Crippen LogP contribution >= 0.6 is 0 Å². The highest BCUT2D eigenvalue weighted by atomic mass is 16.5. The molecule has 0 aliphatic carbocycles. The van der Waals surface area contributed by atoms with E-state index in [4.69, 9.17) is 4.74 Å². The highest BCUT2D eigenvalue weighted by Gasteiger charge is 2.12. The van der Waals surface area contributed by atoms with E-state index < -0.39 is 0 Å². The Morgan fingerprint density at radius 2 is 1.70 bits per heavy atom. The molecule has 138 valence electrons. The van der Waals surface area contributed by atoms with Gasteiger partial charge in [0.1, 0.15) is 0 Å². The van der Waals surface area contributed by atoms with Crippen LogP contribution < -0.4 is 10.6 Å². The normalized spacial score (nSPS) is 12.5. The summed E-state index contributed by atoms with van der Waals surface area (Å²) in [5.41, 5.74) is 0. The van der Waals surface area contributed by atoms with Crippen molar-refractivity contribution in [2.45, 2.75) is 72.4 Å². The van der Waals surface area contributed by atoms with Crippen LogP contribution in [0.4, 0.5) is 0 Å². The lowest BCUT2D eigenvalue weighted by Crippen LogP contribution is -2.39.